The van der Waals surface area contributed by atoms with Crippen LogP contribution in [0.15, 0.2) is 24.3 Å². The summed E-state index contributed by atoms with van der Waals surface area (Å²) in [6, 6.07) is 8.24. The van der Waals surface area contributed by atoms with Crippen molar-refractivity contribution in [3.63, 3.8) is 0 Å². The first-order valence-corrected chi connectivity index (χ1v) is 6.27. The SMILES string of the molecule is CCCC1NC(=O)N(Cc2ccccc2C#N)C1=O. The van der Waals surface area contributed by atoms with Gasteiger partial charge in [-0.2, -0.15) is 5.26 Å². The van der Waals surface area contributed by atoms with Crippen LogP contribution in [0.5, 0.6) is 0 Å². The summed E-state index contributed by atoms with van der Waals surface area (Å²) in [5.74, 6) is -0.209. The number of rotatable bonds is 4. The number of hydrogen-bond acceptors (Lipinski definition) is 3. The molecule has 1 aromatic carbocycles. The number of carbonyl (C=O) groups is 2. The van der Waals surface area contributed by atoms with Gasteiger partial charge in [0, 0.05) is 0 Å². The second-order valence-electron chi connectivity index (χ2n) is 4.48. The fourth-order valence-corrected chi connectivity index (χ4v) is 2.15. The topological polar surface area (TPSA) is 73.2 Å². The van der Waals surface area contributed by atoms with Crippen molar-refractivity contribution in [1.29, 1.82) is 5.26 Å². The maximum absolute atomic E-state index is 12.1. The van der Waals surface area contributed by atoms with E-state index in [1.54, 1.807) is 24.3 Å². The molecule has 0 aromatic heterocycles. The quantitative estimate of drug-likeness (QED) is 0.835. The molecule has 2 rings (SSSR count). The van der Waals surface area contributed by atoms with E-state index >= 15 is 0 Å². The summed E-state index contributed by atoms with van der Waals surface area (Å²) in [7, 11) is 0. The first-order chi connectivity index (χ1) is 9.17. The molecule has 98 valence electrons. The first-order valence-electron chi connectivity index (χ1n) is 6.27. The second-order valence-corrected chi connectivity index (χ2v) is 4.48. The van der Waals surface area contributed by atoms with Crippen molar-refractivity contribution in [2.24, 2.45) is 0 Å². The van der Waals surface area contributed by atoms with E-state index in [1.807, 2.05) is 6.92 Å². The van der Waals surface area contributed by atoms with Crippen LogP contribution in [-0.2, 0) is 11.3 Å². The van der Waals surface area contributed by atoms with Crippen molar-refractivity contribution in [3.05, 3.63) is 35.4 Å². The number of benzene rings is 1. The molecule has 1 unspecified atom stereocenters. The van der Waals surface area contributed by atoms with Crippen LogP contribution < -0.4 is 5.32 Å². The lowest BCUT2D eigenvalue weighted by Crippen LogP contribution is -2.31. The van der Waals surface area contributed by atoms with Gasteiger partial charge < -0.3 is 5.32 Å². The van der Waals surface area contributed by atoms with Gasteiger partial charge in [0.05, 0.1) is 18.2 Å². The summed E-state index contributed by atoms with van der Waals surface area (Å²) in [4.78, 5) is 25.0. The van der Waals surface area contributed by atoms with Crippen LogP contribution >= 0.6 is 0 Å². The van der Waals surface area contributed by atoms with E-state index in [0.717, 1.165) is 6.42 Å². The zero-order chi connectivity index (χ0) is 13.8. The summed E-state index contributed by atoms with van der Waals surface area (Å²) >= 11 is 0. The van der Waals surface area contributed by atoms with Crippen LogP contribution in [-0.4, -0.2) is 22.9 Å². The van der Waals surface area contributed by atoms with Gasteiger partial charge in [-0.25, -0.2) is 4.79 Å². The van der Waals surface area contributed by atoms with Gasteiger partial charge in [-0.15, -0.1) is 0 Å². The van der Waals surface area contributed by atoms with Crippen molar-refractivity contribution >= 4 is 11.9 Å². The van der Waals surface area contributed by atoms with E-state index in [9.17, 15) is 9.59 Å². The van der Waals surface area contributed by atoms with Crippen molar-refractivity contribution in [2.75, 3.05) is 0 Å². The average molecular weight is 257 g/mol. The number of amides is 3. The molecule has 0 bridgehead atoms. The van der Waals surface area contributed by atoms with E-state index in [0.29, 0.717) is 17.5 Å². The molecule has 1 heterocycles. The van der Waals surface area contributed by atoms with Gasteiger partial charge in [0.2, 0.25) is 0 Å². The van der Waals surface area contributed by atoms with E-state index in [1.165, 1.54) is 4.90 Å². The van der Waals surface area contributed by atoms with Crippen LogP contribution in [0, 0.1) is 11.3 Å². The van der Waals surface area contributed by atoms with Gasteiger partial charge in [0.15, 0.2) is 0 Å². The predicted octanol–water partition coefficient (Wildman–Crippen LogP) is 1.78. The molecule has 19 heavy (non-hydrogen) atoms. The molecule has 1 fully saturated rings. The summed E-state index contributed by atoms with van der Waals surface area (Å²) < 4.78 is 0. The molecule has 0 aliphatic carbocycles. The molecule has 1 aromatic rings. The fraction of sp³-hybridized carbons (Fsp3) is 0.357. The smallest absolute Gasteiger partial charge is 0.325 e. The standard InChI is InChI=1S/C14H15N3O2/c1-2-5-12-13(18)17(14(19)16-12)9-11-7-4-3-6-10(11)8-15/h3-4,6-7,12H,2,5,9H2,1H3,(H,16,19). The summed E-state index contributed by atoms with van der Waals surface area (Å²) in [5, 5.41) is 11.7. The number of hydrogen-bond donors (Lipinski definition) is 1. The second kappa shape index (κ2) is 5.53. The van der Waals surface area contributed by atoms with E-state index in [2.05, 4.69) is 11.4 Å². The van der Waals surface area contributed by atoms with E-state index in [4.69, 9.17) is 5.26 Å². The van der Waals surface area contributed by atoms with Crippen LogP contribution in [0.25, 0.3) is 0 Å². The molecular formula is C14H15N3O2. The molecule has 0 saturated carbocycles. The highest BCUT2D eigenvalue weighted by atomic mass is 16.2. The average Bonchev–Trinajstić information content (AvgIpc) is 2.68. The normalized spacial score (nSPS) is 18.3. The van der Waals surface area contributed by atoms with Crippen molar-refractivity contribution in [1.82, 2.24) is 10.2 Å². The Labute approximate surface area is 111 Å². The minimum atomic E-state index is -0.424. The van der Waals surface area contributed by atoms with Gasteiger partial charge in [-0.3, -0.25) is 9.69 Å². The largest absolute Gasteiger partial charge is 0.326 e. The molecule has 1 atom stereocenters. The van der Waals surface area contributed by atoms with Crippen LogP contribution in [0.1, 0.15) is 30.9 Å². The van der Waals surface area contributed by atoms with Gasteiger partial charge in [-0.1, -0.05) is 31.5 Å². The van der Waals surface area contributed by atoms with Crippen LogP contribution in [0.4, 0.5) is 4.79 Å². The van der Waals surface area contributed by atoms with Crippen molar-refractivity contribution < 1.29 is 9.59 Å². The number of nitriles is 1. The van der Waals surface area contributed by atoms with Gasteiger partial charge in [0.25, 0.3) is 5.91 Å². The van der Waals surface area contributed by atoms with Gasteiger partial charge in [-0.05, 0) is 18.1 Å². The Kier molecular flexibility index (Phi) is 3.81. The Bertz CT molecular complexity index is 548. The number of nitrogens with one attached hydrogen (secondary N) is 1. The minimum absolute atomic E-state index is 0.147. The third-order valence-corrected chi connectivity index (χ3v) is 3.15. The Morgan fingerprint density at radius 1 is 1.37 bits per heavy atom. The Morgan fingerprint density at radius 2 is 2.11 bits per heavy atom. The third kappa shape index (κ3) is 2.58. The van der Waals surface area contributed by atoms with Crippen molar-refractivity contribution in [2.45, 2.75) is 32.4 Å². The van der Waals surface area contributed by atoms with Crippen LogP contribution in [0.2, 0.25) is 0 Å². The molecule has 5 nitrogen and oxygen atoms in total. The van der Waals surface area contributed by atoms with E-state index in [-0.39, 0.29) is 18.5 Å². The number of urea groups is 1. The maximum Gasteiger partial charge on any atom is 0.325 e. The maximum atomic E-state index is 12.1. The highest BCUT2D eigenvalue weighted by Gasteiger charge is 2.37. The van der Waals surface area contributed by atoms with Crippen LogP contribution in [0.3, 0.4) is 0 Å². The molecule has 1 aliphatic heterocycles. The lowest BCUT2D eigenvalue weighted by molar-refractivity contribution is -0.128. The van der Waals surface area contributed by atoms with Crippen molar-refractivity contribution in [3.8, 4) is 6.07 Å². The van der Waals surface area contributed by atoms with Gasteiger partial charge >= 0.3 is 6.03 Å². The highest BCUT2D eigenvalue weighted by molar-refractivity contribution is 6.04. The monoisotopic (exact) mass is 257 g/mol. The summed E-state index contributed by atoms with van der Waals surface area (Å²) in [5.41, 5.74) is 1.17. The summed E-state index contributed by atoms with van der Waals surface area (Å²) in [6.45, 7) is 2.11. The molecule has 3 amide bonds. The zero-order valence-electron chi connectivity index (χ0n) is 10.7. The molecule has 0 spiro atoms. The minimum Gasteiger partial charge on any atom is -0.326 e. The van der Waals surface area contributed by atoms with Gasteiger partial charge in [0.1, 0.15) is 6.04 Å². The Balaban J connectivity index is 2.17. The third-order valence-electron chi connectivity index (χ3n) is 3.15. The lowest BCUT2D eigenvalue weighted by Gasteiger charge is -2.13. The predicted molar refractivity (Wildman–Crippen MR) is 68.9 cm³/mol. The molecule has 5 heteroatoms. The molecular weight excluding hydrogens is 242 g/mol. The Morgan fingerprint density at radius 3 is 2.79 bits per heavy atom. The number of nitrogens with zero attached hydrogens (tertiary/aromatic N) is 2. The molecule has 1 saturated heterocycles. The molecule has 1 aliphatic rings. The zero-order valence-corrected chi connectivity index (χ0v) is 10.7. The number of carbonyl (C=O) groups excluding carboxylic acids is 2. The number of imide groups is 1. The lowest BCUT2D eigenvalue weighted by atomic mass is 10.1. The molecule has 0 radical (unpaired) electrons. The highest BCUT2D eigenvalue weighted by Crippen LogP contribution is 2.17. The first kappa shape index (κ1) is 13.1. The van der Waals surface area contributed by atoms with E-state index < -0.39 is 6.04 Å². The summed E-state index contributed by atoms with van der Waals surface area (Å²) in [6.07, 6.45) is 1.47. The molecule has 1 N–H and O–H groups in total. The Hall–Kier alpha value is -2.35. The fourth-order valence-electron chi connectivity index (χ4n) is 2.15.